The van der Waals surface area contributed by atoms with E-state index >= 15 is 0 Å². The van der Waals surface area contributed by atoms with Crippen molar-refractivity contribution < 1.29 is 19.2 Å². The second kappa shape index (κ2) is 12.3. The van der Waals surface area contributed by atoms with Crippen LogP contribution in [0.5, 0.6) is 0 Å². The largest absolute Gasteiger partial charge is 0.456 e. The second-order valence-corrected chi connectivity index (χ2v) is 9.87. The number of unbranched alkanes of at least 4 members (excludes halogenated alkanes) is 1. The van der Waals surface area contributed by atoms with Crippen molar-refractivity contribution in [1.82, 2.24) is 4.98 Å². The number of rotatable bonds is 10. The van der Waals surface area contributed by atoms with Crippen molar-refractivity contribution in [1.29, 1.82) is 0 Å². The molecule has 2 aromatic carbocycles. The molecule has 1 aromatic heterocycles. The van der Waals surface area contributed by atoms with E-state index in [2.05, 4.69) is 10.3 Å². The molecule has 0 bridgehead atoms. The van der Waals surface area contributed by atoms with E-state index in [0.717, 1.165) is 23.1 Å². The predicted molar refractivity (Wildman–Crippen MR) is 148 cm³/mol. The Bertz CT molecular complexity index is 1300. The number of amides is 1. The zero-order chi connectivity index (χ0) is 27.9. The Hall–Kier alpha value is -4.27. The molecule has 0 saturated carbocycles. The smallest absolute Gasteiger partial charge is 0.339 e. The fraction of sp³-hybridized carbons (Fsp3) is 0.345. The number of carbonyl (C=O) groups excluding carboxylic acids is 2. The molecule has 1 heterocycles. The van der Waals surface area contributed by atoms with Gasteiger partial charge in [-0.1, -0.05) is 55.8 Å². The van der Waals surface area contributed by atoms with Gasteiger partial charge in [-0.25, -0.2) is 9.78 Å². The van der Waals surface area contributed by atoms with Crippen molar-refractivity contribution in [2.45, 2.75) is 59.1 Å². The summed E-state index contributed by atoms with van der Waals surface area (Å²) in [5.41, 5.74) is 1.89. The molecule has 9 heteroatoms. The summed E-state index contributed by atoms with van der Waals surface area (Å²) >= 11 is 0. The molecule has 0 unspecified atom stereocenters. The Labute approximate surface area is 223 Å². The second-order valence-electron chi connectivity index (χ2n) is 9.87. The summed E-state index contributed by atoms with van der Waals surface area (Å²) in [6.07, 6.45) is 1.73. The van der Waals surface area contributed by atoms with Crippen molar-refractivity contribution in [3.8, 4) is 11.1 Å². The molecule has 0 atom stereocenters. The number of hydrogen-bond donors (Lipinski definition) is 1. The van der Waals surface area contributed by atoms with Gasteiger partial charge in [-0.2, -0.15) is 0 Å². The first kappa shape index (κ1) is 28.3. The van der Waals surface area contributed by atoms with Crippen LogP contribution in [0.1, 0.15) is 62.9 Å². The van der Waals surface area contributed by atoms with Crippen LogP contribution in [0, 0.1) is 10.1 Å². The number of carbonyl (C=O) groups is 2. The van der Waals surface area contributed by atoms with Crippen LogP contribution < -0.4 is 10.2 Å². The van der Waals surface area contributed by atoms with Crippen molar-refractivity contribution in [3.05, 3.63) is 81.9 Å². The molecule has 38 heavy (non-hydrogen) atoms. The lowest BCUT2D eigenvalue weighted by Crippen LogP contribution is -2.31. The molecule has 0 radical (unpaired) electrons. The summed E-state index contributed by atoms with van der Waals surface area (Å²) in [4.78, 5) is 43.0. The van der Waals surface area contributed by atoms with Crippen molar-refractivity contribution in [2.24, 2.45) is 0 Å². The molecule has 200 valence electrons. The monoisotopic (exact) mass is 518 g/mol. The molecule has 0 aliphatic rings. The summed E-state index contributed by atoms with van der Waals surface area (Å²) in [6, 6.07) is 17.5. The number of nitrogens with one attached hydrogen (secondary N) is 1. The maximum Gasteiger partial charge on any atom is 0.339 e. The van der Waals surface area contributed by atoms with E-state index in [-0.39, 0.29) is 30.4 Å². The van der Waals surface area contributed by atoms with Gasteiger partial charge in [-0.15, -0.1) is 0 Å². The van der Waals surface area contributed by atoms with Crippen molar-refractivity contribution in [3.63, 3.8) is 0 Å². The quantitative estimate of drug-likeness (QED) is 0.188. The van der Waals surface area contributed by atoms with Crippen LogP contribution in [0.3, 0.4) is 0 Å². The topological polar surface area (TPSA) is 115 Å². The fourth-order valence-electron chi connectivity index (χ4n) is 3.88. The van der Waals surface area contributed by atoms with E-state index in [4.69, 9.17) is 4.74 Å². The van der Waals surface area contributed by atoms with E-state index in [0.29, 0.717) is 17.8 Å². The maximum absolute atomic E-state index is 13.2. The van der Waals surface area contributed by atoms with Crippen molar-refractivity contribution >= 4 is 29.2 Å². The third-order valence-corrected chi connectivity index (χ3v) is 5.76. The standard InChI is InChI=1S/C29H34N4O5/c1-6-7-12-26(34)32(27-24(33(36)37)17-18-25(30-5)31-27)19-20-13-15-21(16-14-20)22-10-8-9-11-23(22)28(35)38-29(2,3)4/h8-11,13-18H,6-7,12,19H2,1-5H3,(H,30,31). The molecular formula is C29H34N4O5. The number of ether oxygens (including phenoxy) is 1. The van der Waals surface area contributed by atoms with Crippen molar-refractivity contribution in [2.75, 3.05) is 17.3 Å². The van der Waals surface area contributed by atoms with Gasteiger partial charge in [-0.3, -0.25) is 19.8 Å². The van der Waals surface area contributed by atoms with Gasteiger partial charge in [0.2, 0.25) is 11.7 Å². The highest BCUT2D eigenvalue weighted by Gasteiger charge is 2.27. The van der Waals surface area contributed by atoms with Gasteiger partial charge in [0.15, 0.2) is 0 Å². The predicted octanol–water partition coefficient (Wildman–Crippen LogP) is 6.38. The first-order valence-electron chi connectivity index (χ1n) is 12.6. The van der Waals surface area contributed by atoms with E-state index in [1.807, 2.05) is 64.1 Å². The number of esters is 1. The minimum absolute atomic E-state index is 0.00213. The molecule has 0 fully saturated rings. The minimum atomic E-state index is -0.622. The Morgan fingerprint density at radius 3 is 2.34 bits per heavy atom. The molecular weight excluding hydrogens is 484 g/mol. The Balaban J connectivity index is 1.96. The summed E-state index contributed by atoms with van der Waals surface area (Å²) in [5, 5.41) is 14.6. The normalized spacial score (nSPS) is 11.1. The van der Waals surface area contributed by atoms with E-state index < -0.39 is 16.5 Å². The van der Waals surface area contributed by atoms with E-state index in [1.54, 1.807) is 19.2 Å². The highest BCUT2D eigenvalue weighted by molar-refractivity contribution is 5.97. The zero-order valence-corrected chi connectivity index (χ0v) is 22.5. The number of pyridine rings is 1. The van der Waals surface area contributed by atoms with Gasteiger partial charge in [0.1, 0.15) is 11.4 Å². The van der Waals surface area contributed by atoms with Gasteiger partial charge in [0.05, 0.1) is 17.0 Å². The third-order valence-electron chi connectivity index (χ3n) is 5.76. The van der Waals surface area contributed by atoms with Gasteiger partial charge < -0.3 is 10.1 Å². The maximum atomic E-state index is 13.2. The van der Waals surface area contributed by atoms with Crippen LogP contribution in [0.2, 0.25) is 0 Å². The number of aromatic nitrogens is 1. The van der Waals surface area contributed by atoms with Crippen LogP contribution in [-0.2, 0) is 16.1 Å². The lowest BCUT2D eigenvalue weighted by molar-refractivity contribution is -0.384. The summed E-state index contributed by atoms with van der Waals surface area (Å²) < 4.78 is 5.57. The van der Waals surface area contributed by atoms with Gasteiger partial charge in [-0.05, 0) is 56.0 Å². The van der Waals surface area contributed by atoms with Gasteiger partial charge in [0.25, 0.3) is 0 Å². The summed E-state index contributed by atoms with van der Waals surface area (Å²) in [7, 11) is 1.66. The van der Waals surface area contributed by atoms with Crippen LogP contribution >= 0.6 is 0 Å². The minimum Gasteiger partial charge on any atom is -0.456 e. The Morgan fingerprint density at radius 1 is 1.05 bits per heavy atom. The molecule has 0 spiro atoms. The first-order valence-corrected chi connectivity index (χ1v) is 12.6. The molecule has 3 aromatic rings. The average Bonchev–Trinajstić information content (AvgIpc) is 2.89. The molecule has 1 N–H and O–H groups in total. The van der Waals surface area contributed by atoms with Crippen LogP contribution in [0.4, 0.5) is 17.3 Å². The average molecular weight is 519 g/mol. The Morgan fingerprint density at radius 2 is 1.74 bits per heavy atom. The summed E-state index contributed by atoms with van der Waals surface area (Å²) in [5.74, 6) is -0.224. The molecule has 0 aliphatic carbocycles. The number of hydrogen-bond acceptors (Lipinski definition) is 7. The first-order chi connectivity index (χ1) is 18.0. The molecule has 0 saturated heterocycles. The molecule has 9 nitrogen and oxygen atoms in total. The number of benzene rings is 2. The highest BCUT2D eigenvalue weighted by atomic mass is 16.6. The molecule has 1 amide bonds. The molecule has 0 aliphatic heterocycles. The Kier molecular flexibility index (Phi) is 9.17. The number of anilines is 2. The SMILES string of the molecule is CCCCC(=O)N(Cc1ccc(-c2ccccc2C(=O)OC(C)(C)C)cc1)c1nc(NC)ccc1[N+](=O)[O-]. The summed E-state index contributed by atoms with van der Waals surface area (Å²) in [6.45, 7) is 7.55. The lowest BCUT2D eigenvalue weighted by Gasteiger charge is -2.23. The van der Waals surface area contributed by atoms with Gasteiger partial charge in [0, 0.05) is 19.5 Å². The van der Waals surface area contributed by atoms with Crippen LogP contribution in [0.25, 0.3) is 11.1 Å². The third kappa shape index (κ3) is 7.15. The zero-order valence-electron chi connectivity index (χ0n) is 22.5. The van der Waals surface area contributed by atoms with Crippen LogP contribution in [-0.4, -0.2) is 34.4 Å². The van der Waals surface area contributed by atoms with E-state index in [1.165, 1.54) is 17.0 Å². The van der Waals surface area contributed by atoms with Gasteiger partial charge >= 0.3 is 11.7 Å². The lowest BCUT2D eigenvalue weighted by atomic mass is 9.98. The van der Waals surface area contributed by atoms with Crippen LogP contribution in [0.15, 0.2) is 60.7 Å². The number of nitro groups is 1. The fourth-order valence-corrected chi connectivity index (χ4v) is 3.88. The highest BCUT2D eigenvalue weighted by Crippen LogP contribution is 2.31. The molecule has 3 rings (SSSR count). The number of nitrogens with zero attached hydrogens (tertiary/aromatic N) is 3. The van der Waals surface area contributed by atoms with E-state index in [9.17, 15) is 19.7 Å².